The number of benzene rings is 1. The molecule has 1 aliphatic rings. The molecule has 1 heterocycles. The molecule has 1 saturated heterocycles. The van der Waals surface area contributed by atoms with Gasteiger partial charge in [0.25, 0.3) is 11.1 Å². The number of hydrogen-bond acceptors (Lipinski definition) is 6. The number of amides is 2. The van der Waals surface area contributed by atoms with Gasteiger partial charge < -0.3 is 9.64 Å². The maximum Gasteiger partial charge on any atom is 0.325 e. The minimum absolute atomic E-state index is 0.281. The molecule has 2 amide bonds. The lowest BCUT2D eigenvalue weighted by atomic mass is 10.2. The fourth-order valence-corrected chi connectivity index (χ4v) is 3.55. The molecule has 1 fully saturated rings. The van der Waals surface area contributed by atoms with E-state index in [4.69, 9.17) is 0 Å². The Labute approximate surface area is 146 Å². The van der Waals surface area contributed by atoms with Crippen LogP contribution >= 0.6 is 27.7 Å². The van der Waals surface area contributed by atoms with Crippen LogP contribution in [0.2, 0.25) is 0 Å². The summed E-state index contributed by atoms with van der Waals surface area (Å²) >= 11 is 4.29. The van der Waals surface area contributed by atoms with Crippen molar-refractivity contribution in [2.45, 2.75) is 0 Å². The Balaban J connectivity index is 2.24. The molecule has 0 aromatic heterocycles. The molecule has 0 bridgehead atoms. The topological polar surface area (TPSA) is 66.9 Å². The van der Waals surface area contributed by atoms with Gasteiger partial charge in [-0.15, -0.1) is 0 Å². The number of methoxy groups -OCH3 is 1. The molecule has 6 nitrogen and oxygen atoms in total. The van der Waals surface area contributed by atoms with Gasteiger partial charge in [-0.1, -0.05) is 6.07 Å². The lowest BCUT2D eigenvalue weighted by Gasteiger charge is -2.14. The van der Waals surface area contributed by atoms with Crippen molar-refractivity contribution in [3.8, 4) is 0 Å². The molecular weight excluding hydrogens is 384 g/mol. The number of rotatable bonds is 4. The molecule has 0 saturated carbocycles. The summed E-state index contributed by atoms with van der Waals surface area (Å²) in [6.07, 6.45) is 1.63. The summed E-state index contributed by atoms with van der Waals surface area (Å²) in [7, 11) is 5.07. The van der Waals surface area contributed by atoms with Crippen molar-refractivity contribution in [2.75, 3.05) is 32.6 Å². The van der Waals surface area contributed by atoms with Gasteiger partial charge in [-0.05, 0) is 51.5 Å². The van der Waals surface area contributed by atoms with Gasteiger partial charge in [-0.3, -0.25) is 19.3 Å². The molecule has 1 aromatic rings. The van der Waals surface area contributed by atoms with Crippen LogP contribution < -0.4 is 4.90 Å². The summed E-state index contributed by atoms with van der Waals surface area (Å²) in [5.74, 6) is -1.12. The molecule has 8 heteroatoms. The van der Waals surface area contributed by atoms with Crippen LogP contribution in [0.15, 0.2) is 27.6 Å². The number of ether oxygens (including phenoxy) is 1. The summed E-state index contributed by atoms with van der Waals surface area (Å²) in [4.78, 5) is 38.5. The third-order valence-corrected chi connectivity index (χ3v) is 4.68. The van der Waals surface area contributed by atoms with E-state index in [1.807, 2.05) is 37.2 Å². The highest BCUT2D eigenvalue weighted by atomic mass is 79.9. The Morgan fingerprint density at radius 3 is 2.65 bits per heavy atom. The number of carbonyl (C=O) groups is 3. The van der Waals surface area contributed by atoms with Crippen molar-refractivity contribution in [1.29, 1.82) is 0 Å². The van der Waals surface area contributed by atoms with Gasteiger partial charge >= 0.3 is 5.97 Å². The molecule has 122 valence electrons. The van der Waals surface area contributed by atoms with Gasteiger partial charge in [-0.2, -0.15) is 0 Å². The zero-order valence-electron chi connectivity index (χ0n) is 12.8. The number of halogens is 1. The maximum absolute atomic E-state index is 12.2. The third kappa shape index (κ3) is 3.94. The second-order valence-electron chi connectivity index (χ2n) is 4.95. The predicted octanol–water partition coefficient (Wildman–Crippen LogP) is 2.72. The van der Waals surface area contributed by atoms with Crippen molar-refractivity contribution in [1.82, 2.24) is 4.90 Å². The Morgan fingerprint density at radius 2 is 2.09 bits per heavy atom. The molecule has 0 spiro atoms. The van der Waals surface area contributed by atoms with E-state index in [0.29, 0.717) is 0 Å². The first kappa shape index (κ1) is 17.6. The minimum atomic E-state index is -0.633. The fraction of sp³-hybridized carbons (Fsp3) is 0.267. The molecule has 2 rings (SSSR count). The average molecular weight is 399 g/mol. The zero-order chi connectivity index (χ0) is 17.1. The molecule has 23 heavy (non-hydrogen) atoms. The standard InChI is InChI=1S/C15H15BrN2O4S/c1-17(2)11-5-4-9(6-10(11)16)7-12-14(20)18(15(21)23-12)8-13(19)22-3/h4-7H,8H2,1-3H3/b12-7-. The smallest absolute Gasteiger partial charge is 0.325 e. The average Bonchev–Trinajstić information content (AvgIpc) is 2.74. The molecule has 0 radical (unpaired) electrons. The van der Waals surface area contributed by atoms with Crippen molar-refractivity contribution in [2.24, 2.45) is 0 Å². The molecule has 1 aromatic carbocycles. The highest BCUT2D eigenvalue weighted by Gasteiger charge is 2.36. The van der Waals surface area contributed by atoms with Crippen molar-refractivity contribution in [3.05, 3.63) is 33.1 Å². The van der Waals surface area contributed by atoms with E-state index in [1.165, 1.54) is 7.11 Å². The molecular formula is C15H15BrN2O4S. The van der Waals surface area contributed by atoms with Crippen LogP contribution in [0.5, 0.6) is 0 Å². The lowest BCUT2D eigenvalue weighted by molar-refractivity contribution is -0.143. The summed E-state index contributed by atoms with van der Waals surface area (Å²) in [5.41, 5.74) is 1.78. The minimum Gasteiger partial charge on any atom is -0.468 e. The first-order chi connectivity index (χ1) is 10.8. The molecule has 0 unspecified atom stereocenters. The number of imide groups is 1. The quantitative estimate of drug-likeness (QED) is 0.573. The Bertz CT molecular complexity index is 703. The lowest BCUT2D eigenvalue weighted by Crippen LogP contribution is -2.34. The number of thioether (sulfide) groups is 1. The summed E-state index contributed by atoms with van der Waals surface area (Å²) < 4.78 is 5.37. The van der Waals surface area contributed by atoms with E-state index in [-0.39, 0.29) is 11.4 Å². The van der Waals surface area contributed by atoms with Crippen molar-refractivity contribution in [3.63, 3.8) is 0 Å². The van der Waals surface area contributed by atoms with Gasteiger partial charge in [0.1, 0.15) is 6.54 Å². The van der Waals surface area contributed by atoms with Gasteiger partial charge in [0, 0.05) is 18.6 Å². The number of hydrogen-bond donors (Lipinski definition) is 0. The van der Waals surface area contributed by atoms with Gasteiger partial charge in [-0.25, -0.2) is 0 Å². The molecule has 0 N–H and O–H groups in total. The zero-order valence-corrected chi connectivity index (χ0v) is 15.2. The van der Waals surface area contributed by atoms with E-state index in [9.17, 15) is 14.4 Å². The second kappa shape index (κ2) is 7.18. The number of carbonyl (C=O) groups excluding carboxylic acids is 3. The summed E-state index contributed by atoms with van der Waals surface area (Å²) in [6, 6.07) is 5.63. The van der Waals surface area contributed by atoms with Crippen LogP contribution in [0.25, 0.3) is 6.08 Å². The highest BCUT2D eigenvalue weighted by Crippen LogP contribution is 2.33. The van der Waals surface area contributed by atoms with Crippen LogP contribution in [0.4, 0.5) is 10.5 Å². The number of esters is 1. The first-order valence-electron chi connectivity index (χ1n) is 6.62. The van der Waals surface area contributed by atoms with E-state index < -0.39 is 17.1 Å². The van der Waals surface area contributed by atoms with Crippen LogP contribution in [-0.4, -0.2) is 49.8 Å². The van der Waals surface area contributed by atoms with Crippen molar-refractivity contribution >= 4 is 56.6 Å². The van der Waals surface area contributed by atoms with Crippen LogP contribution in [-0.2, 0) is 14.3 Å². The van der Waals surface area contributed by atoms with E-state index in [2.05, 4.69) is 20.7 Å². The maximum atomic E-state index is 12.2. The normalized spacial score (nSPS) is 16.2. The monoisotopic (exact) mass is 398 g/mol. The van der Waals surface area contributed by atoms with Crippen LogP contribution in [0.3, 0.4) is 0 Å². The van der Waals surface area contributed by atoms with E-state index >= 15 is 0 Å². The summed E-state index contributed by atoms with van der Waals surface area (Å²) in [5, 5.41) is -0.476. The highest BCUT2D eigenvalue weighted by molar-refractivity contribution is 9.10. The molecule has 1 aliphatic heterocycles. The Morgan fingerprint density at radius 1 is 1.39 bits per heavy atom. The van der Waals surface area contributed by atoms with Gasteiger partial charge in [0.15, 0.2) is 0 Å². The van der Waals surface area contributed by atoms with Crippen molar-refractivity contribution < 1.29 is 19.1 Å². The summed E-state index contributed by atoms with van der Waals surface area (Å²) in [6.45, 7) is -0.373. The largest absolute Gasteiger partial charge is 0.468 e. The SMILES string of the molecule is COC(=O)CN1C(=O)S/C(=C\c2ccc(N(C)C)c(Br)c2)C1=O. The van der Waals surface area contributed by atoms with Gasteiger partial charge in [0.05, 0.1) is 17.7 Å². The Kier molecular flexibility index (Phi) is 5.48. The van der Waals surface area contributed by atoms with E-state index in [1.54, 1.807) is 6.08 Å². The van der Waals surface area contributed by atoms with E-state index in [0.717, 1.165) is 32.4 Å². The predicted molar refractivity (Wildman–Crippen MR) is 93.2 cm³/mol. The van der Waals surface area contributed by atoms with Gasteiger partial charge in [0.2, 0.25) is 0 Å². The molecule has 0 atom stereocenters. The fourth-order valence-electron chi connectivity index (χ4n) is 1.96. The van der Waals surface area contributed by atoms with Crippen LogP contribution in [0.1, 0.15) is 5.56 Å². The third-order valence-electron chi connectivity index (χ3n) is 3.14. The molecule has 0 aliphatic carbocycles. The number of nitrogens with zero attached hydrogens (tertiary/aromatic N) is 2. The Hall–Kier alpha value is -1.80. The number of anilines is 1. The first-order valence-corrected chi connectivity index (χ1v) is 8.23. The second-order valence-corrected chi connectivity index (χ2v) is 6.80. The van der Waals surface area contributed by atoms with Crippen LogP contribution in [0, 0.1) is 0 Å².